The van der Waals surface area contributed by atoms with Gasteiger partial charge in [-0.2, -0.15) is 13.2 Å². The minimum atomic E-state index is -4.71. The summed E-state index contributed by atoms with van der Waals surface area (Å²) in [5.41, 5.74) is 0.707. The fourth-order valence-electron chi connectivity index (χ4n) is 1.88. The molecule has 1 unspecified atom stereocenters. The van der Waals surface area contributed by atoms with Crippen LogP contribution in [0.2, 0.25) is 0 Å². The van der Waals surface area contributed by atoms with Crippen LogP contribution in [0.25, 0.3) is 0 Å². The standard InChI is InChI=1S/C15H14F3NO3.2C2H6/c16-15(17,18)14(22)9-1-3-11(4-2-9)19-8-10-7-12(20)5-6-13(10)21;2*1-2/h1-7,14,19-22H,8H2;2*1-2H3. The minimum Gasteiger partial charge on any atom is -0.508 e. The number of phenolic OH excluding ortho intramolecular Hbond substituents is 2. The highest BCUT2D eigenvalue weighted by molar-refractivity contribution is 5.47. The quantitative estimate of drug-likeness (QED) is 0.545. The lowest BCUT2D eigenvalue weighted by Crippen LogP contribution is -2.20. The van der Waals surface area contributed by atoms with Crippen molar-refractivity contribution in [2.45, 2.75) is 46.5 Å². The van der Waals surface area contributed by atoms with Crippen molar-refractivity contribution in [1.82, 2.24) is 0 Å². The molecule has 0 saturated carbocycles. The summed E-state index contributed by atoms with van der Waals surface area (Å²) in [5, 5.41) is 31.0. The van der Waals surface area contributed by atoms with E-state index in [4.69, 9.17) is 5.11 Å². The summed E-state index contributed by atoms with van der Waals surface area (Å²) in [6.07, 6.45) is -7.22. The van der Waals surface area contributed by atoms with Gasteiger partial charge in [0.2, 0.25) is 0 Å². The van der Waals surface area contributed by atoms with Gasteiger partial charge in [-0.25, -0.2) is 0 Å². The number of benzene rings is 2. The predicted octanol–water partition coefficient (Wildman–Crippen LogP) is 5.36. The summed E-state index contributed by atoms with van der Waals surface area (Å²) in [7, 11) is 0. The molecule has 0 spiro atoms. The van der Waals surface area contributed by atoms with E-state index in [9.17, 15) is 23.4 Å². The number of rotatable bonds is 4. The molecule has 0 heterocycles. The molecule has 0 aromatic heterocycles. The zero-order valence-electron chi connectivity index (χ0n) is 15.3. The van der Waals surface area contributed by atoms with Gasteiger partial charge in [0.15, 0.2) is 6.10 Å². The lowest BCUT2D eigenvalue weighted by Gasteiger charge is -2.15. The van der Waals surface area contributed by atoms with Crippen molar-refractivity contribution in [2.75, 3.05) is 5.32 Å². The Morgan fingerprint density at radius 3 is 1.96 bits per heavy atom. The molecule has 146 valence electrons. The van der Waals surface area contributed by atoms with Crippen LogP contribution in [0.4, 0.5) is 18.9 Å². The molecule has 4 nitrogen and oxygen atoms in total. The summed E-state index contributed by atoms with van der Waals surface area (Å²) >= 11 is 0. The van der Waals surface area contributed by atoms with Crippen molar-refractivity contribution in [1.29, 1.82) is 0 Å². The van der Waals surface area contributed by atoms with Crippen LogP contribution in [0.5, 0.6) is 11.5 Å². The Morgan fingerprint density at radius 2 is 1.46 bits per heavy atom. The van der Waals surface area contributed by atoms with Crippen LogP contribution < -0.4 is 5.32 Å². The largest absolute Gasteiger partial charge is 0.508 e. The third-order valence-corrected chi connectivity index (χ3v) is 3.08. The smallest absolute Gasteiger partial charge is 0.418 e. The molecule has 4 N–H and O–H groups in total. The number of halogens is 3. The van der Waals surface area contributed by atoms with Gasteiger partial charge < -0.3 is 20.6 Å². The second kappa shape index (κ2) is 11.3. The minimum absolute atomic E-state index is 0.00162. The predicted molar refractivity (Wildman–Crippen MR) is 97.3 cm³/mol. The lowest BCUT2D eigenvalue weighted by atomic mass is 10.1. The van der Waals surface area contributed by atoms with Crippen LogP contribution >= 0.6 is 0 Å². The molecule has 0 bridgehead atoms. The zero-order valence-corrected chi connectivity index (χ0v) is 15.3. The first-order chi connectivity index (χ1) is 12.3. The maximum Gasteiger partial charge on any atom is 0.418 e. The van der Waals surface area contributed by atoms with Crippen LogP contribution in [-0.4, -0.2) is 21.5 Å². The number of hydrogen-bond donors (Lipinski definition) is 4. The Bertz CT molecular complexity index is 643. The molecule has 0 aliphatic rings. The second-order valence-electron chi connectivity index (χ2n) is 4.73. The molecule has 26 heavy (non-hydrogen) atoms. The molecule has 0 amide bonds. The Labute approximate surface area is 151 Å². The van der Waals surface area contributed by atoms with Crippen molar-refractivity contribution in [3.8, 4) is 11.5 Å². The van der Waals surface area contributed by atoms with Gasteiger partial charge in [-0.1, -0.05) is 39.8 Å². The molecule has 2 aromatic rings. The van der Waals surface area contributed by atoms with E-state index in [1.165, 1.54) is 42.5 Å². The second-order valence-corrected chi connectivity index (χ2v) is 4.73. The highest BCUT2D eigenvalue weighted by Crippen LogP contribution is 2.32. The van der Waals surface area contributed by atoms with E-state index in [1.54, 1.807) is 0 Å². The normalized spacial score (nSPS) is 11.4. The van der Waals surface area contributed by atoms with Crippen LogP contribution in [-0.2, 0) is 6.54 Å². The van der Waals surface area contributed by atoms with Gasteiger partial charge in [0.1, 0.15) is 11.5 Å². The van der Waals surface area contributed by atoms with Crippen molar-refractivity contribution < 1.29 is 28.5 Å². The number of nitrogens with one attached hydrogen (secondary N) is 1. The van der Waals surface area contributed by atoms with Crippen LogP contribution in [0.3, 0.4) is 0 Å². The molecule has 0 saturated heterocycles. The Balaban J connectivity index is 0.00000146. The van der Waals surface area contributed by atoms with E-state index in [-0.39, 0.29) is 23.6 Å². The van der Waals surface area contributed by atoms with Gasteiger partial charge in [0, 0.05) is 17.8 Å². The molecule has 2 aromatic carbocycles. The van der Waals surface area contributed by atoms with Crippen molar-refractivity contribution in [3.05, 3.63) is 53.6 Å². The van der Waals surface area contributed by atoms with Crippen molar-refractivity contribution in [2.24, 2.45) is 0 Å². The maximum absolute atomic E-state index is 12.4. The molecule has 0 radical (unpaired) electrons. The number of aliphatic hydroxyl groups is 1. The molecular formula is C19H26F3NO3. The fraction of sp³-hybridized carbons (Fsp3) is 0.368. The number of alkyl halides is 3. The van der Waals surface area contributed by atoms with Gasteiger partial charge in [-0.15, -0.1) is 0 Å². The maximum atomic E-state index is 12.4. The molecule has 1 atom stereocenters. The van der Waals surface area contributed by atoms with E-state index in [0.717, 1.165) is 0 Å². The van der Waals surface area contributed by atoms with Gasteiger partial charge in [-0.3, -0.25) is 0 Å². The Morgan fingerprint density at radius 1 is 0.923 bits per heavy atom. The van der Waals surface area contributed by atoms with E-state index in [1.807, 2.05) is 27.7 Å². The monoisotopic (exact) mass is 373 g/mol. The number of aromatic hydroxyl groups is 2. The highest BCUT2D eigenvalue weighted by atomic mass is 19.4. The molecule has 0 aliphatic heterocycles. The lowest BCUT2D eigenvalue weighted by molar-refractivity contribution is -0.206. The molecule has 0 aliphatic carbocycles. The highest BCUT2D eigenvalue weighted by Gasteiger charge is 2.39. The zero-order chi connectivity index (χ0) is 20.3. The summed E-state index contributed by atoms with van der Waals surface area (Å²) in [5.74, 6) is -0.00680. The van der Waals surface area contributed by atoms with E-state index >= 15 is 0 Å². The molecule has 0 fully saturated rings. The van der Waals surface area contributed by atoms with E-state index in [2.05, 4.69) is 5.32 Å². The number of aliphatic hydroxyl groups excluding tert-OH is 1. The van der Waals surface area contributed by atoms with E-state index in [0.29, 0.717) is 11.3 Å². The van der Waals surface area contributed by atoms with Gasteiger partial charge in [0.05, 0.1) is 0 Å². The van der Waals surface area contributed by atoms with Gasteiger partial charge >= 0.3 is 6.18 Å². The van der Waals surface area contributed by atoms with Crippen LogP contribution in [0.1, 0.15) is 44.9 Å². The Kier molecular flexibility index (Phi) is 10.2. The van der Waals surface area contributed by atoms with Gasteiger partial charge in [-0.05, 0) is 35.9 Å². The third kappa shape index (κ3) is 7.23. The van der Waals surface area contributed by atoms with E-state index < -0.39 is 12.3 Å². The summed E-state index contributed by atoms with van der Waals surface area (Å²) in [4.78, 5) is 0. The fourth-order valence-corrected chi connectivity index (χ4v) is 1.88. The number of hydrogen-bond acceptors (Lipinski definition) is 4. The number of phenols is 2. The average molecular weight is 373 g/mol. The van der Waals surface area contributed by atoms with Crippen LogP contribution in [0.15, 0.2) is 42.5 Å². The summed E-state index contributed by atoms with van der Waals surface area (Å²) in [6, 6.07) is 9.19. The third-order valence-electron chi connectivity index (χ3n) is 3.08. The summed E-state index contributed by atoms with van der Waals surface area (Å²) < 4.78 is 37.1. The first kappa shape index (κ1) is 23.6. The molecule has 7 heteroatoms. The number of anilines is 1. The Hall–Kier alpha value is -2.41. The SMILES string of the molecule is CC.CC.Oc1ccc(O)c(CNc2ccc(C(O)C(F)(F)F)cc2)c1. The van der Waals surface area contributed by atoms with Crippen molar-refractivity contribution >= 4 is 5.69 Å². The molecule has 2 rings (SSSR count). The summed E-state index contributed by atoms with van der Waals surface area (Å²) in [6.45, 7) is 8.18. The first-order valence-corrected chi connectivity index (χ1v) is 8.37. The van der Waals surface area contributed by atoms with Crippen molar-refractivity contribution in [3.63, 3.8) is 0 Å². The van der Waals surface area contributed by atoms with Gasteiger partial charge in [0.25, 0.3) is 0 Å². The molecular weight excluding hydrogens is 347 g/mol. The topological polar surface area (TPSA) is 72.7 Å². The first-order valence-electron chi connectivity index (χ1n) is 8.37. The van der Waals surface area contributed by atoms with Crippen LogP contribution in [0, 0.1) is 0 Å². The average Bonchev–Trinajstić information content (AvgIpc) is 2.65.